The van der Waals surface area contributed by atoms with Gasteiger partial charge in [0.15, 0.2) is 0 Å². The Morgan fingerprint density at radius 3 is 2.64 bits per heavy atom. The van der Waals surface area contributed by atoms with Gasteiger partial charge >= 0.3 is 0 Å². The molecular weight excluding hydrogens is 180 g/mol. The molecule has 2 rings (SSSR count). The fourth-order valence-electron chi connectivity index (χ4n) is 2.01. The summed E-state index contributed by atoms with van der Waals surface area (Å²) in [6.07, 6.45) is 0. The van der Waals surface area contributed by atoms with Crippen LogP contribution in [0.1, 0.15) is 0 Å². The van der Waals surface area contributed by atoms with E-state index >= 15 is 0 Å². The lowest BCUT2D eigenvalue weighted by atomic mass is 10.0. The Morgan fingerprint density at radius 1 is 1.50 bits per heavy atom. The summed E-state index contributed by atoms with van der Waals surface area (Å²) in [6, 6.07) is 0.314. The number of carbonyl (C=O) groups excluding carboxylic acids is 1. The second-order valence-corrected chi connectivity index (χ2v) is 4.36. The molecule has 2 fully saturated rings. The van der Waals surface area contributed by atoms with Crippen molar-refractivity contribution in [2.75, 3.05) is 33.2 Å². The molecule has 0 bridgehead atoms. The Kier molecular flexibility index (Phi) is 2.71. The molecule has 4 N–H and O–H groups in total. The van der Waals surface area contributed by atoms with Crippen molar-refractivity contribution in [3.05, 3.63) is 0 Å². The highest BCUT2D eigenvalue weighted by atomic mass is 16.2. The summed E-state index contributed by atoms with van der Waals surface area (Å²) < 4.78 is 0. The molecule has 2 aliphatic heterocycles. The van der Waals surface area contributed by atoms with Crippen molar-refractivity contribution < 1.29 is 4.79 Å². The van der Waals surface area contributed by atoms with Crippen LogP contribution in [-0.2, 0) is 4.79 Å². The van der Waals surface area contributed by atoms with Crippen LogP contribution in [0.2, 0.25) is 0 Å². The number of hydrogen-bond acceptors (Lipinski definition) is 4. The van der Waals surface area contributed by atoms with Gasteiger partial charge in [-0.1, -0.05) is 0 Å². The summed E-state index contributed by atoms with van der Waals surface area (Å²) in [7, 11) is 2.00. The maximum Gasteiger partial charge on any atom is 0.226 e. The van der Waals surface area contributed by atoms with Crippen molar-refractivity contribution in [1.29, 1.82) is 0 Å². The van der Waals surface area contributed by atoms with Crippen LogP contribution < -0.4 is 16.4 Å². The van der Waals surface area contributed by atoms with Gasteiger partial charge in [0.2, 0.25) is 5.91 Å². The van der Waals surface area contributed by atoms with Gasteiger partial charge in [0.25, 0.3) is 0 Å². The molecule has 2 heterocycles. The van der Waals surface area contributed by atoms with Crippen molar-refractivity contribution >= 4 is 5.91 Å². The first-order valence-electron chi connectivity index (χ1n) is 5.12. The smallest absolute Gasteiger partial charge is 0.226 e. The zero-order valence-electron chi connectivity index (χ0n) is 8.49. The zero-order valence-corrected chi connectivity index (χ0v) is 8.49. The topological polar surface area (TPSA) is 70.4 Å². The third kappa shape index (κ3) is 1.89. The normalized spacial score (nSPS) is 34.1. The van der Waals surface area contributed by atoms with E-state index < -0.39 is 0 Å². The number of nitrogens with one attached hydrogen (secondary N) is 2. The van der Waals surface area contributed by atoms with Crippen LogP contribution in [0.25, 0.3) is 0 Å². The van der Waals surface area contributed by atoms with Gasteiger partial charge in [-0.2, -0.15) is 0 Å². The number of hydrogen-bond donors (Lipinski definition) is 3. The first-order valence-corrected chi connectivity index (χ1v) is 5.12. The molecule has 2 saturated heterocycles. The average molecular weight is 198 g/mol. The fraction of sp³-hybridized carbons (Fsp3) is 0.889. The molecule has 0 aromatic carbocycles. The molecule has 0 radical (unpaired) electrons. The van der Waals surface area contributed by atoms with E-state index in [1.165, 1.54) is 0 Å². The molecule has 14 heavy (non-hydrogen) atoms. The molecule has 0 spiro atoms. The number of nitrogens with zero attached hydrogens (tertiary/aromatic N) is 1. The van der Waals surface area contributed by atoms with Gasteiger partial charge in [0.1, 0.15) is 0 Å². The average Bonchev–Trinajstić information content (AvgIpc) is 2.37. The summed E-state index contributed by atoms with van der Waals surface area (Å²) in [5.41, 5.74) is 5.89. The molecular formula is C9H18N4O. The van der Waals surface area contributed by atoms with E-state index in [-0.39, 0.29) is 17.9 Å². The van der Waals surface area contributed by atoms with Crippen molar-refractivity contribution in [2.24, 2.45) is 11.7 Å². The van der Waals surface area contributed by atoms with Gasteiger partial charge in [-0.3, -0.25) is 4.79 Å². The van der Waals surface area contributed by atoms with Crippen LogP contribution in [0.4, 0.5) is 0 Å². The minimum Gasteiger partial charge on any atom is -0.350 e. The van der Waals surface area contributed by atoms with Crippen molar-refractivity contribution in [2.45, 2.75) is 12.1 Å². The minimum atomic E-state index is -0.0272. The number of nitrogens with two attached hydrogens (primary N) is 1. The molecule has 1 amide bonds. The molecule has 0 aromatic heterocycles. The van der Waals surface area contributed by atoms with Gasteiger partial charge in [0, 0.05) is 32.2 Å². The van der Waals surface area contributed by atoms with E-state index in [9.17, 15) is 4.79 Å². The third-order valence-corrected chi connectivity index (χ3v) is 3.01. The number of likely N-dealkylation sites (N-methyl/N-ethyl adjacent to an activating group) is 1. The van der Waals surface area contributed by atoms with E-state index in [0.29, 0.717) is 6.04 Å². The van der Waals surface area contributed by atoms with Gasteiger partial charge in [-0.05, 0) is 7.05 Å². The van der Waals surface area contributed by atoms with Crippen LogP contribution in [0.15, 0.2) is 0 Å². The first-order chi connectivity index (χ1) is 6.66. The lowest BCUT2D eigenvalue weighted by Gasteiger charge is -2.29. The highest BCUT2D eigenvalue weighted by Crippen LogP contribution is 2.13. The summed E-state index contributed by atoms with van der Waals surface area (Å²) in [4.78, 5) is 13.9. The van der Waals surface area contributed by atoms with E-state index in [1.807, 2.05) is 7.05 Å². The first kappa shape index (κ1) is 9.89. The molecule has 2 atom stereocenters. The van der Waals surface area contributed by atoms with Crippen molar-refractivity contribution in [3.63, 3.8) is 0 Å². The Morgan fingerprint density at radius 2 is 2.21 bits per heavy atom. The maximum absolute atomic E-state index is 11.8. The molecule has 2 aliphatic rings. The Hall–Kier alpha value is -0.650. The number of carbonyl (C=O) groups is 1. The zero-order chi connectivity index (χ0) is 10.1. The molecule has 0 aliphatic carbocycles. The monoisotopic (exact) mass is 198 g/mol. The van der Waals surface area contributed by atoms with E-state index in [0.717, 1.165) is 26.2 Å². The van der Waals surface area contributed by atoms with Gasteiger partial charge < -0.3 is 21.3 Å². The Bertz CT molecular complexity index is 229. The highest BCUT2D eigenvalue weighted by molar-refractivity contribution is 5.80. The molecule has 0 aromatic rings. The standard InChI is InChI=1S/C9H18N4O/c1-13-4-7(8(10)5-13)9(14)12-6-2-11-3-6/h6-8,11H,2-5,10H2,1H3,(H,12,14)/t7-,8-/m0/s1. The third-order valence-electron chi connectivity index (χ3n) is 3.01. The largest absolute Gasteiger partial charge is 0.350 e. The molecule has 0 saturated carbocycles. The summed E-state index contributed by atoms with van der Waals surface area (Å²) >= 11 is 0. The van der Waals surface area contributed by atoms with Crippen LogP contribution in [0.5, 0.6) is 0 Å². The quantitative estimate of drug-likeness (QED) is 0.478. The Labute approximate surface area is 84.0 Å². The number of likely N-dealkylation sites (tertiary alicyclic amines) is 1. The number of rotatable bonds is 2. The SMILES string of the molecule is CN1C[C@H](C(=O)NC2CNC2)[C@@H](N)C1. The van der Waals surface area contributed by atoms with E-state index in [1.54, 1.807) is 0 Å². The molecule has 80 valence electrons. The summed E-state index contributed by atoms with van der Waals surface area (Å²) in [6.45, 7) is 3.39. The molecule has 5 nitrogen and oxygen atoms in total. The van der Waals surface area contributed by atoms with Crippen LogP contribution >= 0.6 is 0 Å². The van der Waals surface area contributed by atoms with Gasteiger partial charge in [0.05, 0.1) is 12.0 Å². The maximum atomic E-state index is 11.8. The molecule has 5 heteroatoms. The van der Waals surface area contributed by atoms with Crippen LogP contribution in [0.3, 0.4) is 0 Å². The lowest BCUT2D eigenvalue weighted by molar-refractivity contribution is -0.125. The van der Waals surface area contributed by atoms with E-state index in [2.05, 4.69) is 15.5 Å². The summed E-state index contributed by atoms with van der Waals surface area (Å²) in [5, 5.41) is 6.12. The number of amides is 1. The van der Waals surface area contributed by atoms with Crippen molar-refractivity contribution in [3.8, 4) is 0 Å². The highest BCUT2D eigenvalue weighted by Gasteiger charge is 2.34. The van der Waals surface area contributed by atoms with E-state index in [4.69, 9.17) is 5.73 Å². The van der Waals surface area contributed by atoms with Crippen LogP contribution in [-0.4, -0.2) is 56.1 Å². The van der Waals surface area contributed by atoms with Gasteiger partial charge in [-0.25, -0.2) is 0 Å². The van der Waals surface area contributed by atoms with Crippen molar-refractivity contribution in [1.82, 2.24) is 15.5 Å². The predicted molar refractivity (Wildman–Crippen MR) is 53.8 cm³/mol. The van der Waals surface area contributed by atoms with Crippen LogP contribution in [0, 0.1) is 5.92 Å². The minimum absolute atomic E-state index is 0.00645. The van der Waals surface area contributed by atoms with Gasteiger partial charge in [-0.15, -0.1) is 0 Å². The molecule has 0 unspecified atom stereocenters. The fourth-order valence-corrected chi connectivity index (χ4v) is 2.01. The Balaban J connectivity index is 1.84. The predicted octanol–water partition coefficient (Wildman–Crippen LogP) is -2.04. The summed E-state index contributed by atoms with van der Waals surface area (Å²) in [5.74, 6) is 0.0916. The second kappa shape index (κ2) is 3.84. The lowest BCUT2D eigenvalue weighted by Crippen LogP contribution is -2.59. The second-order valence-electron chi connectivity index (χ2n) is 4.36.